The van der Waals surface area contributed by atoms with E-state index in [1.807, 2.05) is 0 Å². The monoisotopic (exact) mass is 312 g/mol. The van der Waals surface area contributed by atoms with Crippen molar-refractivity contribution in [3.8, 4) is 0 Å². The number of nitrogens with one attached hydrogen (secondary N) is 1. The summed E-state index contributed by atoms with van der Waals surface area (Å²) in [6.45, 7) is 6.76. The van der Waals surface area contributed by atoms with Gasteiger partial charge in [0.2, 0.25) is 6.79 Å². The van der Waals surface area contributed by atoms with Gasteiger partial charge in [-0.25, -0.2) is 4.79 Å². The van der Waals surface area contributed by atoms with Gasteiger partial charge < -0.3 is 14.8 Å². The molecule has 115 valence electrons. The molecule has 0 saturated heterocycles. The molecule has 6 heteroatoms. The van der Waals surface area contributed by atoms with Crippen molar-refractivity contribution in [2.24, 2.45) is 5.92 Å². The second kappa shape index (κ2) is 8.52. The van der Waals surface area contributed by atoms with Crippen molar-refractivity contribution in [2.75, 3.05) is 6.79 Å². The molecule has 0 heterocycles. The van der Waals surface area contributed by atoms with Crippen molar-refractivity contribution in [2.45, 2.75) is 26.3 Å². The fraction of sp³-hybridized carbons (Fsp3) is 0.400. The molecule has 0 bridgehead atoms. The summed E-state index contributed by atoms with van der Waals surface area (Å²) in [5.74, 6) is -0.687. The summed E-state index contributed by atoms with van der Waals surface area (Å²) in [7, 11) is 0. The molecule has 0 aromatic heterocycles. The highest BCUT2D eigenvalue weighted by Crippen LogP contribution is 2.19. The maximum absolute atomic E-state index is 11.6. The van der Waals surface area contributed by atoms with E-state index in [0.29, 0.717) is 11.4 Å². The minimum Gasteiger partial charge on any atom is -0.428 e. The number of amides is 1. The standard InChI is InChI=1S/C15H19ClNO4/c1-4-13(11-5-7-12(16)8-6-11)17-15(19)21-9-20-14(18)10(2)3/h5-8,10,13H,1,4,9H2,2-3H3,(H,17,19). The third kappa shape index (κ3) is 6.04. The van der Waals surface area contributed by atoms with Crippen molar-refractivity contribution >= 4 is 23.7 Å². The van der Waals surface area contributed by atoms with Gasteiger partial charge in [0.15, 0.2) is 0 Å². The first kappa shape index (κ1) is 17.3. The van der Waals surface area contributed by atoms with Crippen LogP contribution < -0.4 is 5.32 Å². The predicted molar refractivity (Wildman–Crippen MR) is 79.6 cm³/mol. The Morgan fingerprint density at radius 3 is 2.38 bits per heavy atom. The van der Waals surface area contributed by atoms with Crippen LogP contribution in [0.5, 0.6) is 0 Å². The summed E-state index contributed by atoms with van der Waals surface area (Å²) >= 11 is 5.81. The second-order valence-electron chi connectivity index (χ2n) is 4.70. The summed E-state index contributed by atoms with van der Waals surface area (Å²) in [6, 6.07) is 6.78. The Hall–Kier alpha value is -1.75. The van der Waals surface area contributed by atoms with Crippen molar-refractivity contribution < 1.29 is 19.1 Å². The van der Waals surface area contributed by atoms with Gasteiger partial charge in [0.25, 0.3) is 0 Å². The Kier molecular flexibility index (Phi) is 7.02. The molecular weight excluding hydrogens is 294 g/mol. The van der Waals surface area contributed by atoms with Crippen LogP contribution in [0.3, 0.4) is 0 Å². The number of hydrogen-bond acceptors (Lipinski definition) is 4. The number of halogens is 1. The van der Waals surface area contributed by atoms with E-state index in [2.05, 4.69) is 12.2 Å². The molecule has 1 atom stereocenters. The Bertz CT molecular complexity index is 473. The molecule has 0 aliphatic rings. The number of carbonyl (C=O) groups excluding carboxylic acids is 2. The van der Waals surface area contributed by atoms with Crippen LogP contribution in [0.25, 0.3) is 0 Å². The number of alkyl carbamates (subject to hydrolysis) is 1. The number of rotatable bonds is 6. The zero-order valence-electron chi connectivity index (χ0n) is 12.1. The minimum atomic E-state index is -0.671. The molecule has 0 spiro atoms. The van der Waals surface area contributed by atoms with E-state index in [9.17, 15) is 9.59 Å². The van der Waals surface area contributed by atoms with Gasteiger partial charge in [-0.05, 0) is 24.1 Å². The van der Waals surface area contributed by atoms with Crippen LogP contribution in [0.15, 0.2) is 24.3 Å². The topological polar surface area (TPSA) is 64.6 Å². The lowest BCUT2D eigenvalue weighted by Crippen LogP contribution is -2.30. The Balaban J connectivity index is 2.44. The summed E-state index contributed by atoms with van der Waals surface area (Å²) in [4.78, 5) is 22.8. The van der Waals surface area contributed by atoms with Crippen LogP contribution in [-0.2, 0) is 14.3 Å². The van der Waals surface area contributed by atoms with E-state index >= 15 is 0 Å². The molecule has 1 rings (SSSR count). The Morgan fingerprint density at radius 2 is 1.86 bits per heavy atom. The number of esters is 1. The van der Waals surface area contributed by atoms with Gasteiger partial charge in [-0.1, -0.05) is 44.5 Å². The summed E-state index contributed by atoms with van der Waals surface area (Å²) in [6.07, 6.45) is -0.224. The van der Waals surface area contributed by atoms with Crippen LogP contribution in [-0.4, -0.2) is 18.9 Å². The average Bonchev–Trinajstić information content (AvgIpc) is 2.45. The summed E-state index contributed by atoms with van der Waals surface area (Å²) in [5.41, 5.74) is 0.866. The lowest BCUT2D eigenvalue weighted by molar-refractivity contribution is -0.155. The van der Waals surface area contributed by atoms with E-state index in [4.69, 9.17) is 21.1 Å². The summed E-state index contributed by atoms with van der Waals surface area (Å²) < 4.78 is 9.55. The lowest BCUT2D eigenvalue weighted by atomic mass is 10.1. The number of carbonyl (C=O) groups is 2. The highest BCUT2D eigenvalue weighted by Gasteiger charge is 2.14. The van der Waals surface area contributed by atoms with Crippen LogP contribution in [0.1, 0.15) is 31.9 Å². The zero-order valence-corrected chi connectivity index (χ0v) is 12.9. The van der Waals surface area contributed by atoms with Crippen molar-refractivity contribution in [1.29, 1.82) is 0 Å². The molecule has 0 saturated carbocycles. The van der Waals surface area contributed by atoms with E-state index in [-0.39, 0.29) is 12.0 Å². The fourth-order valence-electron chi connectivity index (χ4n) is 1.51. The highest BCUT2D eigenvalue weighted by molar-refractivity contribution is 6.30. The molecule has 1 aromatic carbocycles. The molecule has 21 heavy (non-hydrogen) atoms. The van der Waals surface area contributed by atoms with Crippen molar-refractivity contribution in [3.63, 3.8) is 0 Å². The second-order valence-corrected chi connectivity index (χ2v) is 5.14. The van der Waals surface area contributed by atoms with E-state index < -0.39 is 18.9 Å². The minimum absolute atomic E-state index is 0.265. The zero-order chi connectivity index (χ0) is 15.8. The predicted octanol–water partition coefficient (Wildman–Crippen LogP) is 3.49. The first-order valence-electron chi connectivity index (χ1n) is 6.58. The fourth-order valence-corrected chi connectivity index (χ4v) is 1.63. The third-order valence-corrected chi connectivity index (χ3v) is 2.97. The highest BCUT2D eigenvalue weighted by atomic mass is 35.5. The quantitative estimate of drug-likeness (QED) is 0.645. The van der Waals surface area contributed by atoms with Gasteiger partial charge in [0, 0.05) is 5.02 Å². The van der Waals surface area contributed by atoms with Gasteiger partial charge in [-0.2, -0.15) is 0 Å². The third-order valence-electron chi connectivity index (χ3n) is 2.72. The average molecular weight is 313 g/mol. The molecule has 1 amide bonds. The van der Waals surface area contributed by atoms with Gasteiger partial charge in [-0.15, -0.1) is 0 Å². The van der Waals surface area contributed by atoms with Crippen LogP contribution in [0.2, 0.25) is 5.02 Å². The molecular formula is C15H19ClNO4. The van der Waals surface area contributed by atoms with E-state index in [0.717, 1.165) is 5.56 Å². The lowest BCUT2D eigenvalue weighted by Gasteiger charge is -2.17. The molecule has 1 unspecified atom stereocenters. The smallest absolute Gasteiger partial charge is 0.410 e. The van der Waals surface area contributed by atoms with Gasteiger partial charge in [0.1, 0.15) is 0 Å². The first-order chi connectivity index (χ1) is 9.93. The molecule has 5 nitrogen and oxygen atoms in total. The van der Waals surface area contributed by atoms with Crippen LogP contribution in [0.4, 0.5) is 4.79 Å². The Morgan fingerprint density at radius 1 is 1.24 bits per heavy atom. The van der Waals surface area contributed by atoms with E-state index in [1.54, 1.807) is 38.1 Å². The van der Waals surface area contributed by atoms with Crippen molar-refractivity contribution in [1.82, 2.24) is 5.32 Å². The molecule has 1 N–H and O–H groups in total. The molecule has 0 aliphatic carbocycles. The molecule has 0 aliphatic heterocycles. The Labute approximate surface area is 129 Å². The number of ether oxygens (including phenoxy) is 2. The van der Waals surface area contributed by atoms with E-state index in [1.165, 1.54) is 0 Å². The molecule has 0 fully saturated rings. The number of hydrogen-bond donors (Lipinski definition) is 1. The molecule has 1 radical (unpaired) electrons. The maximum atomic E-state index is 11.6. The SMILES string of the molecule is [CH2]CC(NC(=O)OCOC(=O)C(C)C)c1ccc(Cl)cc1. The van der Waals surface area contributed by atoms with Crippen LogP contribution in [0, 0.1) is 12.8 Å². The van der Waals surface area contributed by atoms with Crippen molar-refractivity contribution in [3.05, 3.63) is 41.8 Å². The maximum Gasteiger partial charge on any atom is 0.410 e. The van der Waals surface area contributed by atoms with Crippen LogP contribution >= 0.6 is 11.6 Å². The van der Waals surface area contributed by atoms with Gasteiger partial charge in [0.05, 0.1) is 12.0 Å². The summed E-state index contributed by atoms with van der Waals surface area (Å²) in [5, 5.41) is 3.26. The molecule has 1 aromatic rings. The van der Waals surface area contributed by atoms with Gasteiger partial charge >= 0.3 is 12.1 Å². The van der Waals surface area contributed by atoms with Gasteiger partial charge in [-0.3, -0.25) is 4.79 Å². The normalized spacial score (nSPS) is 11.9. The first-order valence-corrected chi connectivity index (χ1v) is 6.96. The largest absolute Gasteiger partial charge is 0.428 e. The number of benzene rings is 1.